The van der Waals surface area contributed by atoms with Crippen LogP contribution in [0.3, 0.4) is 0 Å². The first-order chi connectivity index (χ1) is 8.57. The second kappa shape index (κ2) is 6.69. The Balaban J connectivity index is 0.00000180. The van der Waals surface area contributed by atoms with Crippen LogP contribution in [0.1, 0.15) is 13.3 Å². The molecule has 2 heterocycles. The Morgan fingerprint density at radius 3 is 2.84 bits per heavy atom. The van der Waals surface area contributed by atoms with Crippen LogP contribution in [0.2, 0.25) is 0 Å². The topological polar surface area (TPSA) is 67.2 Å². The smallest absolute Gasteiger partial charge is 0.262 e. The lowest BCUT2D eigenvalue weighted by molar-refractivity contribution is 0.449. The normalized spacial score (nSPS) is 20.4. The Bertz CT molecular complexity index is 503. The van der Waals surface area contributed by atoms with Gasteiger partial charge in [-0.25, -0.2) is 13.4 Å². The van der Waals surface area contributed by atoms with Crippen molar-refractivity contribution < 1.29 is 8.42 Å². The molecule has 0 spiro atoms. The number of aromatic nitrogens is 2. The average Bonchev–Trinajstić information content (AvgIpc) is 2.98. The van der Waals surface area contributed by atoms with Crippen LogP contribution < -0.4 is 5.32 Å². The second-order valence-corrected chi connectivity index (χ2v) is 6.50. The number of sulfonamides is 1. The summed E-state index contributed by atoms with van der Waals surface area (Å²) in [5, 5.41) is 3.25. The number of halogens is 1. The van der Waals surface area contributed by atoms with Gasteiger partial charge in [-0.3, -0.25) is 0 Å². The van der Waals surface area contributed by atoms with Gasteiger partial charge in [0.15, 0.2) is 5.03 Å². The number of hydrogen-bond acceptors (Lipinski definition) is 4. The van der Waals surface area contributed by atoms with Gasteiger partial charge in [0.25, 0.3) is 10.0 Å². The van der Waals surface area contributed by atoms with Gasteiger partial charge in [0.05, 0.1) is 6.33 Å². The maximum Gasteiger partial charge on any atom is 0.262 e. The number of rotatable bonds is 5. The third-order valence-corrected chi connectivity index (χ3v) is 5.07. The maximum absolute atomic E-state index is 12.3. The third-order valence-electron chi connectivity index (χ3n) is 3.32. The molecule has 1 aliphatic heterocycles. The Morgan fingerprint density at radius 1 is 1.53 bits per heavy atom. The molecular formula is C11H21ClN4O2S. The van der Waals surface area contributed by atoms with E-state index in [4.69, 9.17) is 0 Å². The lowest BCUT2D eigenvalue weighted by Crippen LogP contribution is -2.30. The highest BCUT2D eigenvalue weighted by atomic mass is 35.5. The molecule has 6 nitrogen and oxygen atoms in total. The van der Waals surface area contributed by atoms with Crippen molar-refractivity contribution in [1.29, 1.82) is 0 Å². The summed E-state index contributed by atoms with van der Waals surface area (Å²) in [5.41, 5.74) is 0. The van der Waals surface area contributed by atoms with Gasteiger partial charge in [-0.2, -0.15) is 4.31 Å². The molecular weight excluding hydrogens is 288 g/mol. The molecule has 0 aromatic carbocycles. The summed E-state index contributed by atoms with van der Waals surface area (Å²) in [6.07, 6.45) is 4.07. The van der Waals surface area contributed by atoms with Crippen LogP contribution >= 0.6 is 12.4 Å². The SMILES string of the molecule is CCn1cnc(S(=O)(=O)N2CCC(CNC)C2)c1.Cl. The van der Waals surface area contributed by atoms with Crippen LogP contribution in [-0.2, 0) is 16.6 Å². The zero-order chi connectivity index (χ0) is 13.2. The first kappa shape index (κ1) is 16.4. The van der Waals surface area contributed by atoms with Gasteiger partial charge in [0.2, 0.25) is 0 Å². The monoisotopic (exact) mass is 308 g/mol. The van der Waals surface area contributed by atoms with Gasteiger partial charge in [0.1, 0.15) is 0 Å². The molecule has 1 atom stereocenters. The fraction of sp³-hybridized carbons (Fsp3) is 0.727. The molecule has 8 heteroatoms. The summed E-state index contributed by atoms with van der Waals surface area (Å²) in [4.78, 5) is 3.99. The molecule has 1 aliphatic rings. The largest absolute Gasteiger partial charge is 0.336 e. The number of nitrogens with one attached hydrogen (secondary N) is 1. The van der Waals surface area contributed by atoms with E-state index in [0.717, 1.165) is 19.5 Å². The fourth-order valence-electron chi connectivity index (χ4n) is 2.25. The highest BCUT2D eigenvalue weighted by Gasteiger charge is 2.33. The molecule has 0 bridgehead atoms. The van der Waals surface area contributed by atoms with Crippen LogP contribution in [0.15, 0.2) is 17.6 Å². The van der Waals surface area contributed by atoms with Crippen molar-refractivity contribution in [1.82, 2.24) is 19.2 Å². The van der Waals surface area contributed by atoms with Crippen LogP contribution in [0.25, 0.3) is 0 Å². The molecule has 1 unspecified atom stereocenters. The Hall–Kier alpha value is -0.630. The lowest BCUT2D eigenvalue weighted by atomic mass is 10.1. The number of aryl methyl sites for hydroxylation is 1. The summed E-state index contributed by atoms with van der Waals surface area (Å²) >= 11 is 0. The van der Waals surface area contributed by atoms with E-state index in [2.05, 4.69) is 10.3 Å². The molecule has 0 aliphatic carbocycles. The van der Waals surface area contributed by atoms with Crippen molar-refractivity contribution in [2.24, 2.45) is 5.92 Å². The molecule has 19 heavy (non-hydrogen) atoms. The Labute approximate surface area is 120 Å². The predicted molar refractivity (Wildman–Crippen MR) is 75.9 cm³/mol. The zero-order valence-electron chi connectivity index (χ0n) is 11.2. The van der Waals surface area contributed by atoms with Gasteiger partial charge >= 0.3 is 0 Å². The van der Waals surface area contributed by atoms with Gasteiger partial charge in [-0.1, -0.05) is 0 Å². The van der Waals surface area contributed by atoms with Crippen molar-refractivity contribution in [3.8, 4) is 0 Å². The van der Waals surface area contributed by atoms with Crippen LogP contribution in [0, 0.1) is 5.92 Å². The van der Waals surface area contributed by atoms with E-state index in [1.165, 1.54) is 4.31 Å². The van der Waals surface area contributed by atoms with E-state index in [0.29, 0.717) is 19.0 Å². The molecule has 110 valence electrons. The van der Waals surface area contributed by atoms with E-state index in [-0.39, 0.29) is 17.4 Å². The van der Waals surface area contributed by atoms with E-state index < -0.39 is 10.0 Å². The van der Waals surface area contributed by atoms with Crippen molar-refractivity contribution in [2.75, 3.05) is 26.7 Å². The first-order valence-electron chi connectivity index (χ1n) is 6.24. The van der Waals surface area contributed by atoms with Crippen molar-refractivity contribution in [3.05, 3.63) is 12.5 Å². The standard InChI is InChI=1S/C11H20N4O2S.ClH/c1-3-14-8-11(13-9-14)18(16,17)15-5-4-10(7-15)6-12-2;/h8-10,12H,3-7H2,1-2H3;1H. The molecule has 1 fully saturated rings. The molecule has 1 saturated heterocycles. The van der Waals surface area contributed by atoms with E-state index in [1.54, 1.807) is 17.1 Å². The van der Waals surface area contributed by atoms with Crippen LogP contribution in [0.5, 0.6) is 0 Å². The van der Waals surface area contributed by atoms with Gasteiger partial charge < -0.3 is 9.88 Å². The second-order valence-electron chi connectivity index (χ2n) is 4.62. The predicted octanol–water partition coefficient (Wildman–Crippen LogP) is 0.555. The maximum atomic E-state index is 12.3. The van der Waals surface area contributed by atoms with Gasteiger partial charge in [-0.05, 0) is 32.9 Å². The lowest BCUT2D eigenvalue weighted by Gasteiger charge is -2.14. The van der Waals surface area contributed by atoms with E-state index in [9.17, 15) is 8.42 Å². The number of imidazole rings is 1. The fourth-order valence-corrected chi connectivity index (χ4v) is 3.72. The summed E-state index contributed by atoms with van der Waals surface area (Å²) in [7, 11) is -1.52. The van der Waals surface area contributed by atoms with Crippen LogP contribution in [-0.4, -0.2) is 49.0 Å². The number of nitrogens with zero attached hydrogens (tertiary/aromatic N) is 3. The molecule has 0 radical (unpaired) electrons. The molecule has 1 aromatic rings. The minimum Gasteiger partial charge on any atom is -0.336 e. The average molecular weight is 309 g/mol. The molecule has 0 amide bonds. The zero-order valence-corrected chi connectivity index (χ0v) is 12.9. The molecule has 2 rings (SSSR count). The quantitative estimate of drug-likeness (QED) is 0.863. The number of hydrogen-bond donors (Lipinski definition) is 1. The highest BCUT2D eigenvalue weighted by molar-refractivity contribution is 7.89. The van der Waals surface area contributed by atoms with Gasteiger partial charge in [-0.15, -0.1) is 12.4 Å². The van der Waals surface area contributed by atoms with Crippen molar-refractivity contribution in [3.63, 3.8) is 0 Å². The highest BCUT2D eigenvalue weighted by Crippen LogP contribution is 2.22. The van der Waals surface area contributed by atoms with Crippen molar-refractivity contribution >= 4 is 22.4 Å². The summed E-state index contributed by atoms with van der Waals surface area (Å²) in [6.45, 7) is 4.72. The minimum atomic E-state index is -3.41. The van der Waals surface area contributed by atoms with E-state index >= 15 is 0 Å². The van der Waals surface area contributed by atoms with Crippen LogP contribution in [0.4, 0.5) is 0 Å². The van der Waals surface area contributed by atoms with Gasteiger partial charge in [0, 0.05) is 25.8 Å². The Kier molecular flexibility index (Phi) is 5.79. The Morgan fingerprint density at radius 2 is 2.26 bits per heavy atom. The summed E-state index contributed by atoms with van der Waals surface area (Å²) in [5.74, 6) is 0.401. The molecule has 0 saturated carbocycles. The van der Waals surface area contributed by atoms with E-state index in [1.807, 2.05) is 14.0 Å². The minimum absolute atomic E-state index is 0. The summed E-state index contributed by atoms with van der Waals surface area (Å²) < 4.78 is 28.0. The molecule has 1 N–H and O–H groups in total. The summed E-state index contributed by atoms with van der Waals surface area (Å²) in [6, 6.07) is 0. The molecule has 1 aromatic heterocycles. The first-order valence-corrected chi connectivity index (χ1v) is 7.68. The van der Waals surface area contributed by atoms with Crippen molar-refractivity contribution in [2.45, 2.75) is 24.9 Å². The third kappa shape index (κ3) is 3.47.